The van der Waals surface area contributed by atoms with E-state index in [-0.39, 0.29) is 12.4 Å². The molecule has 0 aliphatic heterocycles. The predicted octanol–water partition coefficient (Wildman–Crippen LogP) is 2.46. The molecule has 0 atom stereocenters. The molecule has 0 amide bonds. The van der Waals surface area contributed by atoms with E-state index in [1.54, 1.807) is 31.2 Å². The van der Waals surface area contributed by atoms with Gasteiger partial charge in [0.1, 0.15) is 5.82 Å². The lowest BCUT2D eigenvalue weighted by molar-refractivity contribution is 0.0512. The second kappa shape index (κ2) is 5.35. The largest absolute Gasteiger partial charge is 0.460 e. The zero-order chi connectivity index (χ0) is 13.0. The molecule has 0 fully saturated rings. The molecule has 1 heterocycles. The minimum atomic E-state index is -0.615. The van der Waals surface area contributed by atoms with Crippen LogP contribution in [0, 0.1) is 5.82 Å². The Kier molecular flexibility index (Phi) is 3.62. The summed E-state index contributed by atoms with van der Waals surface area (Å²) >= 11 is 0. The molecule has 92 valence electrons. The number of ether oxygens (including phenoxy) is 1. The van der Waals surface area contributed by atoms with Gasteiger partial charge >= 0.3 is 5.97 Å². The lowest BCUT2D eigenvalue weighted by atomic mass is 10.1. The molecule has 0 spiro atoms. The van der Waals surface area contributed by atoms with Gasteiger partial charge in [-0.2, -0.15) is 0 Å². The quantitative estimate of drug-likeness (QED) is 0.780. The number of hydrogen-bond acceptors (Lipinski definition) is 4. The summed E-state index contributed by atoms with van der Waals surface area (Å²) in [7, 11) is 0. The molecule has 2 aromatic rings. The van der Waals surface area contributed by atoms with Crippen molar-refractivity contribution in [3.05, 3.63) is 48.2 Å². The van der Waals surface area contributed by atoms with Gasteiger partial charge in [0.05, 0.1) is 12.3 Å². The maximum Gasteiger partial charge on any atom is 0.376 e. The summed E-state index contributed by atoms with van der Waals surface area (Å²) in [6.07, 6.45) is 1.40. The number of halogens is 1. The first-order chi connectivity index (χ1) is 8.72. The number of benzene rings is 1. The van der Waals surface area contributed by atoms with E-state index in [9.17, 15) is 9.18 Å². The summed E-state index contributed by atoms with van der Waals surface area (Å²) in [6, 6.07) is 7.76. The first-order valence-corrected chi connectivity index (χ1v) is 5.47. The van der Waals surface area contributed by atoms with Crippen LogP contribution < -0.4 is 0 Å². The summed E-state index contributed by atoms with van der Waals surface area (Å²) < 4.78 is 18.4. The highest BCUT2D eigenvalue weighted by atomic mass is 19.1. The molecule has 0 bridgehead atoms. The van der Waals surface area contributed by atoms with Crippen LogP contribution in [0.15, 0.2) is 36.5 Å². The van der Waals surface area contributed by atoms with E-state index >= 15 is 0 Å². The van der Waals surface area contributed by atoms with Crippen molar-refractivity contribution in [2.45, 2.75) is 6.92 Å². The molecule has 18 heavy (non-hydrogen) atoms. The first kappa shape index (κ1) is 12.2. The summed E-state index contributed by atoms with van der Waals surface area (Å²) in [4.78, 5) is 19.3. The van der Waals surface area contributed by atoms with Gasteiger partial charge in [-0.25, -0.2) is 19.2 Å². The molecular weight excluding hydrogens is 235 g/mol. The van der Waals surface area contributed by atoms with Gasteiger partial charge in [-0.3, -0.25) is 0 Å². The minimum absolute atomic E-state index is 0.0717. The molecule has 2 rings (SSSR count). The van der Waals surface area contributed by atoms with Gasteiger partial charge in [-0.05, 0) is 25.1 Å². The number of hydrogen-bond donors (Lipinski definition) is 0. The molecule has 4 nitrogen and oxygen atoms in total. The Morgan fingerprint density at radius 2 is 2.11 bits per heavy atom. The number of carbonyl (C=O) groups is 1. The Bertz CT molecular complexity index is 572. The molecule has 1 aromatic heterocycles. The standard InChI is InChI=1S/C13H11FN2O2/c1-2-18-13(17)12-15-8-7-11(16-12)9-5-3-4-6-10(9)14/h3-8H,2H2,1H3. The summed E-state index contributed by atoms with van der Waals surface area (Å²) in [5.41, 5.74) is 0.677. The third kappa shape index (κ3) is 2.51. The monoisotopic (exact) mass is 246 g/mol. The van der Waals surface area contributed by atoms with E-state index < -0.39 is 11.8 Å². The van der Waals surface area contributed by atoms with Gasteiger partial charge in [0.2, 0.25) is 5.82 Å². The minimum Gasteiger partial charge on any atom is -0.460 e. The fourth-order valence-corrected chi connectivity index (χ4v) is 1.47. The number of esters is 1. The second-order valence-electron chi connectivity index (χ2n) is 3.47. The van der Waals surface area contributed by atoms with Gasteiger partial charge in [0, 0.05) is 11.8 Å². The van der Waals surface area contributed by atoms with E-state index in [2.05, 4.69) is 9.97 Å². The molecular formula is C13H11FN2O2. The van der Waals surface area contributed by atoms with Crippen LogP contribution in [-0.2, 0) is 4.74 Å². The topological polar surface area (TPSA) is 52.1 Å². The molecule has 0 unspecified atom stereocenters. The highest BCUT2D eigenvalue weighted by Gasteiger charge is 2.12. The molecule has 5 heteroatoms. The molecule has 0 N–H and O–H groups in total. The molecule has 0 aliphatic carbocycles. The van der Waals surface area contributed by atoms with Crippen LogP contribution in [0.4, 0.5) is 4.39 Å². The van der Waals surface area contributed by atoms with Gasteiger partial charge < -0.3 is 4.74 Å². The SMILES string of the molecule is CCOC(=O)c1nccc(-c2ccccc2F)n1. The summed E-state index contributed by atoms with van der Waals surface area (Å²) in [5.74, 6) is -1.08. The smallest absolute Gasteiger partial charge is 0.376 e. The molecule has 0 saturated heterocycles. The van der Waals surface area contributed by atoms with Crippen LogP contribution in [0.2, 0.25) is 0 Å². The summed E-state index contributed by atoms with van der Waals surface area (Å²) in [6.45, 7) is 1.94. The van der Waals surface area contributed by atoms with Crippen molar-refractivity contribution in [1.82, 2.24) is 9.97 Å². The van der Waals surface area contributed by atoms with Crippen LogP contribution >= 0.6 is 0 Å². The fraction of sp³-hybridized carbons (Fsp3) is 0.154. The van der Waals surface area contributed by atoms with Gasteiger partial charge in [0.15, 0.2) is 0 Å². The first-order valence-electron chi connectivity index (χ1n) is 5.47. The number of rotatable bonds is 3. The van der Waals surface area contributed by atoms with Crippen molar-refractivity contribution < 1.29 is 13.9 Å². The van der Waals surface area contributed by atoms with Crippen molar-refractivity contribution in [2.24, 2.45) is 0 Å². The van der Waals surface area contributed by atoms with E-state index in [0.29, 0.717) is 11.3 Å². The predicted molar refractivity (Wildman–Crippen MR) is 63.4 cm³/mol. The maximum atomic E-state index is 13.6. The highest BCUT2D eigenvalue weighted by Crippen LogP contribution is 2.19. The third-order valence-electron chi connectivity index (χ3n) is 2.26. The Morgan fingerprint density at radius 1 is 1.33 bits per heavy atom. The number of nitrogens with zero attached hydrogens (tertiary/aromatic N) is 2. The van der Waals surface area contributed by atoms with Gasteiger partial charge in [-0.15, -0.1) is 0 Å². The zero-order valence-corrected chi connectivity index (χ0v) is 9.76. The Morgan fingerprint density at radius 3 is 2.83 bits per heavy atom. The highest BCUT2D eigenvalue weighted by molar-refractivity contribution is 5.85. The van der Waals surface area contributed by atoms with Crippen LogP contribution in [0.25, 0.3) is 11.3 Å². The lowest BCUT2D eigenvalue weighted by Gasteiger charge is -2.04. The Labute approximate surface area is 103 Å². The molecule has 1 aromatic carbocycles. The van der Waals surface area contributed by atoms with Crippen molar-refractivity contribution in [2.75, 3.05) is 6.61 Å². The van der Waals surface area contributed by atoms with Gasteiger partial charge in [-0.1, -0.05) is 12.1 Å². The molecule has 0 aliphatic rings. The average Bonchev–Trinajstić information content (AvgIpc) is 2.40. The van der Waals surface area contributed by atoms with E-state index in [0.717, 1.165) is 0 Å². The average molecular weight is 246 g/mol. The number of aromatic nitrogens is 2. The van der Waals surface area contributed by atoms with Crippen molar-refractivity contribution in [1.29, 1.82) is 0 Å². The maximum absolute atomic E-state index is 13.6. The van der Waals surface area contributed by atoms with Gasteiger partial charge in [0.25, 0.3) is 0 Å². The fourth-order valence-electron chi connectivity index (χ4n) is 1.47. The van der Waals surface area contributed by atoms with Crippen LogP contribution in [0.5, 0.6) is 0 Å². The molecule has 0 saturated carbocycles. The Hall–Kier alpha value is -2.30. The second-order valence-corrected chi connectivity index (χ2v) is 3.47. The normalized spacial score (nSPS) is 10.1. The summed E-state index contributed by atoms with van der Waals surface area (Å²) in [5, 5.41) is 0. The third-order valence-corrected chi connectivity index (χ3v) is 2.26. The molecule has 0 radical (unpaired) electrons. The zero-order valence-electron chi connectivity index (χ0n) is 9.76. The van der Waals surface area contributed by atoms with Crippen molar-refractivity contribution >= 4 is 5.97 Å². The Balaban J connectivity index is 2.39. The van der Waals surface area contributed by atoms with Crippen molar-refractivity contribution in [3.63, 3.8) is 0 Å². The van der Waals surface area contributed by atoms with E-state index in [1.165, 1.54) is 12.3 Å². The van der Waals surface area contributed by atoms with E-state index in [4.69, 9.17) is 4.74 Å². The lowest BCUT2D eigenvalue weighted by Crippen LogP contribution is -2.10. The van der Waals surface area contributed by atoms with Crippen LogP contribution in [0.3, 0.4) is 0 Å². The van der Waals surface area contributed by atoms with Crippen LogP contribution in [-0.4, -0.2) is 22.5 Å². The number of carbonyl (C=O) groups excluding carboxylic acids is 1. The van der Waals surface area contributed by atoms with Crippen LogP contribution in [0.1, 0.15) is 17.5 Å². The van der Waals surface area contributed by atoms with E-state index in [1.807, 2.05) is 0 Å². The van der Waals surface area contributed by atoms with Crippen molar-refractivity contribution in [3.8, 4) is 11.3 Å².